The van der Waals surface area contributed by atoms with Gasteiger partial charge in [0, 0.05) is 0 Å². The Labute approximate surface area is 111 Å². The molecule has 0 aliphatic heterocycles. The van der Waals surface area contributed by atoms with E-state index in [-0.39, 0.29) is 0 Å². The van der Waals surface area contributed by atoms with E-state index in [2.05, 4.69) is 5.10 Å². The fourth-order valence-corrected chi connectivity index (χ4v) is 1.74. The molecule has 19 heavy (non-hydrogen) atoms. The normalized spacial score (nSPS) is 11.6. The average molecular weight is 276 g/mol. The summed E-state index contributed by atoms with van der Waals surface area (Å²) in [7, 11) is -4.27. The van der Waals surface area contributed by atoms with Gasteiger partial charge in [0.1, 0.15) is 0 Å². The lowest BCUT2D eigenvalue weighted by Gasteiger charge is -2.18. The number of benzene rings is 2. The largest absolute Gasteiger partial charge is 0.306 e. The molecule has 0 radical (unpaired) electrons. The number of hydrogen-bond acceptors (Lipinski definition) is 4. The highest BCUT2D eigenvalue weighted by Crippen LogP contribution is 2.24. The number of rotatable bonds is 4. The summed E-state index contributed by atoms with van der Waals surface area (Å²) in [5.41, 5.74) is 1.88. The van der Waals surface area contributed by atoms with Gasteiger partial charge < -0.3 is 0 Å². The zero-order valence-electron chi connectivity index (χ0n) is 9.92. The molecule has 0 heterocycles. The average Bonchev–Trinajstić information content (AvgIpc) is 2.40. The van der Waals surface area contributed by atoms with Crippen molar-refractivity contribution >= 4 is 27.0 Å². The van der Waals surface area contributed by atoms with Gasteiger partial charge in [-0.3, -0.25) is 4.55 Å². The van der Waals surface area contributed by atoms with Crippen molar-refractivity contribution in [3.8, 4) is 0 Å². The highest BCUT2D eigenvalue weighted by Gasteiger charge is 2.08. The molecule has 98 valence electrons. The third-order valence-corrected chi connectivity index (χ3v) is 2.66. The third kappa shape index (κ3) is 3.90. The van der Waals surface area contributed by atoms with E-state index in [1.165, 1.54) is 5.01 Å². The SMILES string of the molecule is O=S(=O)(O)/C=N/N(c1ccccc1)c1ccccc1. The maximum absolute atomic E-state index is 10.8. The maximum Gasteiger partial charge on any atom is 0.306 e. The van der Waals surface area contributed by atoms with E-state index in [0.717, 1.165) is 0 Å². The minimum Gasteiger partial charge on any atom is -0.281 e. The van der Waals surface area contributed by atoms with Crippen molar-refractivity contribution in [1.82, 2.24) is 0 Å². The summed E-state index contributed by atoms with van der Waals surface area (Å²) in [5.74, 6) is 0. The molecule has 6 heteroatoms. The van der Waals surface area contributed by atoms with Gasteiger partial charge in [-0.25, -0.2) is 5.01 Å². The van der Waals surface area contributed by atoms with E-state index in [4.69, 9.17) is 4.55 Å². The zero-order valence-corrected chi connectivity index (χ0v) is 10.7. The first-order valence-electron chi connectivity index (χ1n) is 5.48. The standard InChI is InChI=1S/C13H12N2O3S/c16-19(17,18)11-14-15(12-7-3-1-4-8-12)13-9-5-2-6-10-13/h1-11H,(H,16,17,18)/b14-11+. The molecule has 0 atom stereocenters. The van der Waals surface area contributed by atoms with Crippen LogP contribution >= 0.6 is 0 Å². The molecular formula is C13H12N2O3S. The molecule has 0 saturated heterocycles. The van der Waals surface area contributed by atoms with Gasteiger partial charge in [0.15, 0.2) is 5.55 Å². The summed E-state index contributed by atoms with van der Waals surface area (Å²) < 4.78 is 30.3. The Morgan fingerprint density at radius 3 is 1.68 bits per heavy atom. The van der Waals surface area contributed by atoms with E-state index in [9.17, 15) is 8.42 Å². The van der Waals surface area contributed by atoms with Gasteiger partial charge in [0.2, 0.25) is 0 Å². The van der Waals surface area contributed by atoms with Crippen molar-refractivity contribution in [1.29, 1.82) is 0 Å². The fourth-order valence-electron chi connectivity index (χ4n) is 1.53. The number of para-hydroxylation sites is 2. The first-order chi connectivity index (χ1) is 9.06. The van der Waals surface area contributed by atoms with Crippen LogP contribution in [0.4, 0.5) is 11.4 Å². The molecule has 0 saturated carbocycles. The van der Waals surface area contributed by atoms with Crippen LogP contribution in [-0.4, -0.2) is 18.5 Å². The van der Waals surface area contributed by atoms with Crippen molar-refractivity contribution in [3.63, 3.8) is 0 Å². The van der Waals surface area contributed by atoms with Crippen LogP contribution in [0.15, 0.2) is 65.8 Å². The molecule has 0 aliphatic rings. The molecule has 5 nitrogen and oxygen atoms in total. The Hall–Kier alpha value is -2.18. The summed E-state index contributed by atoms with van der Waals surface area (Å²) in [5, 5.41) is 5.23. The molecule has 0 bridgehead atoms. The number of hydrogen-bond donors (Lipinski definition) is 1. The quantitative estimate of drug-likeness (QED) is 0.403. The molecule has 2 aromatic rings. The molecule has 2 aromatic carbocycles. The highest BCUT2D eigenvalue weighted by molar-refractivity contribution is 7.99. The lowest BCUT2D eigenvalue weighted by molar-refractivity contribution is 0.499. The minimum atomic E-state index is -4.27. The molecule has 1 N–H and O–H groups in total. The van der Waals surface area contributed by atoms with Crippen molar-refractivity contribution < 1.29 is 13.0 Å². The number of anilines is 2. The topological polar surface area (TPSA) is 70.0 Å². The minimum absolute atomic E-state index is 0.507. The van der Waals surface area contributed by atoms with Crippen molar-refractivity contribution in [2.75, 3.05) is 5.01 Å². The van der Waals surface area contributed by atoms with Crippen molar-refractivity contribution in [3.05, 3.63) is 60.7 Å². The van der Waals surface area contributed by atoms with Gasteiger partial charge in [0.05, 0.1) is 11.4 Å². The predicted octanol–water partition coefficient (Wildman–Crippen LogP) is 2.66. The van der Waals surface area contributed by atoms with E-state index in [1.807, 2.05) is 36.4 Å². The van der Waals surface area contributed by atoms with E-state index in [0.29, 0.717) is 16.9 Å². The zero-order chi connectivity index (χ0) is 13.7. The summed E-state index contributed by atoms with van der Waals surface area (Å²) in [4.78, 5) is 0. The second kappa shape index (κ2) is 5.64. The highest BCUT2D eigenvalue weighted by atomic mass is 32.2. The monoisotopic (exact) mass is 276 g/mol. The van der Waals surface area contributed by atoms with Gasteiger partial charge in [-0.05, 0) is 24.3 Å². The van der Waals surface area contributed by atoms with Gasteiger partial charge in [0.25, 0.3) is 0 Å². The number of nitrogens with zero attached hydrogens (tertiary/aromatic N) is 2. The summed E-state index contributed by atoms with van der Waals surface area (Å²) in [6, 6.07) is 18.1. The van der Waals surface area contributed by atoms with Gasteiger partial charge in [-0.1, -0.05) is 36.4 Å². The van der Waals surface area contributed by atoms with Gasteiger partial charge >= 0.3 is 10.1 Å². The van der Waals surface area contributed by atoms with Gasteiger partial charge in [-0.15, -0.1) is 0 Å². The van der Waals surface area contributed by atoms with Crippen LogP contribution in [0.25, 0.3) is 0 Å². The van der Waals surface area contributed by atoms with Crippen LogP contribution in [-0.2, 0) is 10.1 Å². The van der Waals surface area contributed by atoms with E-state index >= 15 is 0 Å². The molecule has 0 spiro atoms. The first kappa shape index (κ1) is 13.3. The number of hydrazone groups is 1. The summed E-state index contributed by atoms with van der Waals surface area (Å²) in [6.07, 6.45) is 0. The fraction of sp³-hybridized carbons (Fsp3) is 0. The van der Waals surface area contributed by atoms with Crippen LogP contribution < -0.4 is 5.01 Å². The Kier molecular flexibility index (Phi) is 3.94. The maximum atomic E-state index is 10.8. The molecule has 0 unspecified atom stereocenters. The Bertz CT molecular complexity index is 615. The Morgan fingerprint density at radius 2 is 1.32 bits per heavy atom. The van der Waals surface area contributed by atoms with Crippen molar-refractivity contribution in [2.24, 2.45) is 5.10 Å². The molecule has 2 rings (SSSR count). The van der Waals surface area contributed by atoms with E-state index in [1.54, 1.807) is 24.3 Å². The smallest absolute Gasteiger partial charge is 0.281 e. The van der Waals surface area contributed by atoms with Crippen LogP contribution in [0.3, 0.4) is 0 Å². The predicted molar refractivity (Wildman–Crippen MR) is 75.1 cm³/mol. The second-order valence-electron chi connectivity index (χ2n) is 3.72. The van der Waals surface area contributed by atoms with Crippen molar-refractivity contribution in [2.45, 2.75) is 0 Å². The van der Waals surface area contributed by atoms with Gasteiger partial charge in [-0.2, -0.15) is 13.5 Å². The van der Waals surface area contributed by atoms with Crippen LogP contribution in [0.5, 0.6) is 0 Å². The van der Waals surface area contributed by atoms with Crippen LogP contribution in [0, 0.1) is 0 Å². The summed E-state index contributed by atoms with van der Waals surface area (Å²) >= 11 is 0. The molecule has 0 amide bonds. The molecule has 0 aliphatic carbocycles. The third-order valence-electron chi connectivity index (χ3n) is 2.30. The van der Waals surface area contributed by atoms with Crippen LogP contribution in [0.1, 0.15) is 0 Å². The molecular weight excluding hydrogens is 264 g/mol. The molecule has 0 aromatic heterocycles. The van der Waals surface area contributed by atoms with Crippen LogP contribution in [0.2, 0.25) is 0 Å². The summed E-state index contributed by atoms with van der Waals surface area (Å²) in [6.45, 7) is 0. The lowest BCUT2D eigenvalue weighted by Crippen LogP contribution is -2.11. The Balaban J connectivity index is 2.43. The molecule has 0 fully saturated rings. The first-order valence-corrected chi connectivity index (χ1v) is 6.98. The van der Waals surface area contributed by atoms with E-state index < -0.39 is 10.1 Å². The lowest BCUT2D eigenvalue weighted by atomic mass is 10.2. The second-order valence-corrected chi connectivity index (χ2v) is 4.96. The Morgan fingerprint density at radius 1 is 0.895 bits per heavy atom.